The molecule has 2 aromatic rings. The van der Waals surface area contributed by atoms with Crippen LogP contribution in [-0.2, 0) is 0 Å². The molecule has 3 heterocycles. The zero-order valence-corrected chi connectivity index (χ0v) is 9.85. The fourth-order valence-corrected chi connectivity index (χ4v) is 2.19. The van der Waals surface area contributed by atoms with Gasteiger partial charge in [0, 0.05) is 37.8 Å². The van der Waals surface area contributed by atoms with E-state index in [9.17, 15) is 0 Å². The summed E-state index contributed by atoms with van der Waals surface area (Å²) in [6.45, 7) is 5.94. The Kier molecular flexibility index (Phi) is 2.60. The average Bonchev–Trinajstić information content (AvgIpc) is 2.39. The molecule has 0 spiro atoms. The topological polar surface area (TPSA) is 53.9 Å². The van der Waals surface area contributed by atoms with E-state index in [1.165, 1.54) is 0 Å². The highest BCUT2D eigenvalue weighted by Gasteiger charge is 2.15. The van der Waals surface area contributed by atoms with Crippen LogP contribution >= 0.6 is 0 Å². The fourth-order valence-electron chi connectivity index (χ4n) is 2.19. The summed E-state index contributed by atoms with van der Waals surface area (Å²) >= 11 is 0. The molecule has 1 fully saturated rings. The van der Waals surface area contributed by atoms with Crippen molar-refractivity contribution in [2.75, 3.05) is 31.1 Å². The van der Waals surface area contributed by atoms with Crippen molar-refractivity contribution >= 4 is 16.7 Å². The van der Waals surface area contributed by atoms with Gasteiger partial charge in [-0.05, 0) is 13.0 Å². The molecule has 5 heteroatoms. The Hall–Kier alpha value is -1.75. The minimum absolute atomic E-state index is 0.805. The van der Waals surface area contributed by atoms with Crippen molar-refractivity contribution in [3.05, 3.63) is 24.3 Å². The highest BCUT2D eigenvalue weighted by Crippen LogP contribution is 2.23. The summed E-state index contributed by atoms with van der Waals surface area (Å²) in [5, 5.41) is 4.44. The van der Waals surface area contributed by atoms with E-state index in [1.807, 2.05) is 13.0 Å². The van der Waals surface area contributed by atoms with Crippen molar-refractivity contribution in [1.82, 2.24) is 20.3 Å². The van der Waals surface area contributed by atoms with E-state index in [0.717, 1.165) is 48.7 Å². The molecule has 1 aliphatic rings. The Morgan fingerprint density at radius 2 is 2.06 bits per heavy atom. The summed E-state index contributed by atoms with van der Waals surface area (Å²) in [7, 11) is 0. The van der Waals surface area contributed by atoms with Gasteiger partial charge < -0.3 is 10.2 Å². The standard InChI is InChI=1S/C12H15N5/c1-9-15-11-8-14-3-2-10(11)12(16-9)17-6-4-13-5-7-17/h2-3,8,13H,4-7H2,1H3. The molecule has 0 atom stereocenters. The van der Waals surface area contributed by atoms with Crippen LogP contribution < -0.4 is 10.2 Å². The minimum Gasteiger partial charge on any atom is -0.353 e. The summed E-state index contributed by atoms with van der Waals surface area (Å²) in [4.78, 5) is 15.4. The molecular formula is C12H15N5. The molecule has 2 aromatic heterocycles. The normalized spacial score (nSPS) is 16.4. The molecule has 0 aromatic carbocycles. The molecule has 1 saturated heterocycles. The lowest BCUT2D eigenvalue weighted by atomic mass is 10.2. The first kappa shape index (κ1) is 10.4. The van der Waals surface area contributed by atoms with Gasteiger partial charge in [0.25, 0.3) is 0 Å². The molecule has 0 saturated carbocycles. The van der Waals surface area contributed by atoms with Crippen molar-refractivity contribution in [3.63, 3.8) is 0 Å². The van der Waals surface area contributed by atoms with Crippen LogP contribution in [0, 0.1) is 6.92 Å². The Morgan fingerprint density at radius 1 is 1.24 bits per heavy atom. The van der Waals surface area contributed by atoms with Crippen LogP contribution in [0.15, 0.2) is 18.5 Å². The predicted octanol–water partition coefficient (Wildman–Crippen LogP) is 0.743. The second-order valence-electron chi connectivity index (χ2n) is 4.22. The van der Waals surface area contributed by atoms with Gasteiger partial charge in [-0.1, -0.05) is 0 Å². The SMILES string of the molecule is Cc1nc(N2CCNCC2)c2ccncc2n1. The summed E-state index contributed by atoms with van der Waals surface area (Å²) in [5.74, 6) is 1.84. The molecule has 3 rings (SSSR count). The largest absolute Gasteiger partial charge is 0.353 e. The molecule has 1 N–H and O–H groups in total. The van der Waals surface area contributed by atoms with Gasteiger partial charge in [-0.3, -0.25) is 4.98 Å². The quantitative estimate of drug-likeness (QED) is 0.781. The third kappa shape index (κ3) is 1.93. The van der Waals surface area contributed by atoms with Gasteiger partial charge in [0.1, 0.15) is 11.6 Å². The van der Waals surface area contributed by atoms with E-state index in [0.29, 0.717) is 0 Å². The second kappa shape index (κ2) is 4.25. The maximum atomic E-state index is 4.58. The molecule has 0 bridgehead atoms. The molecule has 5 nitrogen and oxygen atoms in total. The number of hydrogen-bond acceptors (Lipinski definition) is 5. The monoisotopic (exact) mass is 229 g/mol. The maximum Gasteiger partial charge on any atom is 0.140 e. The summed E-state index contributed by atoms with van der Waals surface area (Å²) < 4.78 is 0. The molecule has 0 amide bonds. The van der Waals surface area contributed by atoms with Crippen molar-refractivity contribution in [3.8, 4) is 0 Å². The maximum absolute atomic E-state index is 4.58. The van der Waals surface area contributed by atoms with Crippen LogP contribution in [0.1, 0.15) is 5.82 Å². The van der Waals surface area contributed by atoms with Crippen LogP contribution in [-0.4, -0.2) is 41.1 Å². The fraction of sp³-hybridized carbons (Fsp3) is 0.417. The Labute approximate surface area is 99.9 Å². The van der Waals surface area contributed by atoms with Crippen LogP contribution in [0.4, 0.5) is 5.82 Å². The first-order chi connectivity index (χ1) is 8.34. The zero-order chi connectivity index (χ0) is 11.7. The third-order valence-electron chi connectivity index (χ3n) is 3.01. The van der Waals surface area contributed by atoms with Gasteiger partial charge in [0.15, 0.2) is 0 Å². The van der Waals surface area contributed by atoms with Crippen molar-refractivity contribution < 1.29 is 0 Å². The molecule has 17 heavy (non-hydrogen) atoms. The van der Waals surface area contributed by atoms with Crippen LogP contribution in [0.5, 0.6) is 0 Å². The Bertz CT molecular complexity index is 533. The molecular weight excluding hydrogens is 214 g/mol. The molecule has 88 valence electrons. The lowest BCUT2D eigenvalue weighted by Crippen LogP contribution is -2.44. The predicted molar refractivity (Wildman–Crippen MR) is 67.2 cm³/mol. The number of pyridine rings is 1. The second-order valence-corrected chi connectivity index (χ2v) is 4.22. The van der Waals surface area contributed by atoms with Gasteiger partial charge in [0.05, 0.1) is 11.7 Å². The number of piperazine rings is 1. The zero-order valence-electron chi connectivity index (χ0n) is 9.85. The first-order valence-corrected chi connectivity index (χ1v) is 5.88. The van der Waals surface area contributed by atoms with Gasteiger partial charge in [-0.2, -0.15) is 0 Å². The average molecular weight is 229 g/mol. The van der Waals surface area contributed by atoms with Crippen molar-refractivity contribution in [2.24, 2.45) is 0 Å². The van der Waals surface area contributed by atoms with E-state index >= 15 is 0 Å². The number of fused-ring (bicyclic) bond motifs is 1. The Morgan fingerprint density at radius 3 is 2.88 bits per heavy atom. The van der Waals surface area contributed by atoms with Crippen molar-refractivity contribution in [1.29, 1.82) is 0 Å². The van der Waals surface area contributed by atoms with Crippen molar-refractivity contribution in [2.45, 2.75) is 6.92 Å². The Balaban J connectivity index is 2.13. The van der Waals surface area contributed by atoms with Gasteiger partial charge in [0.2, 0.25) is 0 Å². The van der Waals surface area contributed by atoms with E-state index in [1.54, 1.807) is 12.4 Å². The summed E-state index contributed by atoms with van der Waals surface area (Å²) in [6, 6.07) is 1.99. The van der Waals surface area contributed by atoms with E-state index < -0.39 is 0 Å². The number of rotatable bonds is 1. The third-order valence-corrected chi connectivity index (χ3v) is 3.01. The van der Waals surface area contributed by atoms with Crippen LogP contribution in [0.3, 0.4) is 0 Å². The first-order valence-electron chi connectivity index (χ1n) is 5.88. The number of nitrogens with one attached hydrogen (secondary N) is 1. The highest BCUT2D eigenvalue weighted by atomic mass is 15.2. The number of hydrogen-bond donors (Lipinski definition) is 1. The molecule has 1 aliphatic heterocycles. The summed E-state index contributed by atoms with van der Waals surface area (Å²) in [6.07, 6.45) is 3.60. The van der Waals surface area contributed by atoms with Gasteiger partial charge >= 0.3 is 0 Å². The van der Waals surface area contributed by atoms with E-state index in [2.05, 4.69) is 25.2 Å². The van der Waals surface area contributed by atoms with E-state index in [4.69, 9.17) is 0 Å². The minimum atomic E-state index is 0.805. The smallest absolute Gasteiger partial charge is 0.140 e. The summed E-state index contributed by atoms with van der Waals surface area (Å²) in [5.41, 5.74) is 0.925. The lowest BCUT2D eigenvalue weighted by Gasteiger charge is -2.29. The van der Waals surface area contributed by atoms with Crippen LogP contribution in [0.25, 0.3) is 10.9 Å². The highest BCUT2D eigenvalue weighted by molar-refractivity contribution is 5.88. The molecule has 0 radical (unpaired) electrons. The number of anilines is 1. The number of nitrogens with zero attached hydrogens (tertiary/aromatic N) is 4. The van der Waals surface area contributed by atoms with Crippen LogP contribution in [0.2, 0.25) is 0 Å². The number of aromatic nitrogens is 3. The molecule has 0 unspecified atom stereocenters. The number of aryl methyl sites for hydroxylation is 1. The van der Waals surface area contributed by atoms with Gasteiger partial charge in [-0.25, -0.2) is 9.97 Å². The van der Waals surface area contributed by atoms with E-state index in [-0.39, 0.29) is 0 Å². The van der Waals surface area contributed by atoms with Gasteiger partial charge in [-0.15, -0.1) is 0 Å². The molecule has 0 aliphatic carbocycles. The lowest BCUT2D eigenvalue weighted by molar-refractivity contribution is 0.585.